The smallest absolute Gasteiger partial charge is 0.0334 e. The van der Waals surface area contributed by atoms with Gasteiger partial charge in [-0.2, -0.15) is 0 Å². The van der Waals surface area contributed by atoms with Gasteiger partial charge in [-0.25, -0.2) is 0 Å². The lowest BCUT2D eigenvalue weighted by molar-refractivity contribution is 0.0367. The maximum Gasteiger partial charge on any atom is 0.0334 e. The molecule has 0 aromatic rings. The minimum atomic E-state index is 0.350. The molecule has 1 aliphatic heterocycles. The summed E-state index contributed by atoms with van der Waals surface area (Å²) in [5.41, 5.74) is 6.58. The first-order chi connectivity index (χ1) is 8.70. The van der Waals surface area contributed by atoms with E-state index < -0.39 is 0 Å². The minimum Gasteiger partial charge on any atom is -0.329 e. The first kappa shape index (κ1) is 14.3. The standard InChI is InChI=1S/C16H32N2/c1-3-15-7-4-9-16(12-15,13-17)18-10-5-6-14(2)8-11-18/h14-15H,3-13,17H2,1-2H3. The molecule has 3 unspecified atom stereocenters. The van der Waals surface area contributed by atoms with Crippen LogP contribution in [-0.4, -0.2) is 30.1 Å². The molecule has 18 heavy (non-hydrogen) atoms. The van der Waals surface area contributed by atoms with Crippen LogP contribution in [0.3, 0.4) is 0 Å². The van der Waals surface area contributed by atoms with E-state index in [1.165, 1.54) is 64.5 Å². The second-order valence-electron chi connectivity index (χ2n) is 6.82. The summed E-state index contributed by atoms with van der Waals surface area (Å²) in [6.45, 7) is 8.21. The molecule has 1 aliphatic carbocycles. The van der Waals surface area contributed by atoms with Gasteiger partial charge in [-0.3, -0.25) is 4.90 Å². The monoisotopic (exact) mass is 252 g/mol. The summed E-state index contributed by atoms with van der Waals surface area (Å²) in [5, 5.41) is 0. The van der Waals surface area contributed by atoms with Crippen molar-refractivity contribution in [3.63, 3.8) is 0 Å². The van der Waals surface area contributed by atoms with Gasteiger partial charge in [0.25, 0.3) is 0 Å². The molecule has 1 saturated heterocycles. The maximum absolute atomic E-state index is 6.23. The first-order valence-electron chi connectivity index (χ1n) is 8.15. The van der Waals surface area contributed by atoms with Gasteiger partial charge in [0.2, 0.25) is 0 Å². The number of likely N-dealkylation sites (tertiary alicyclic amines) is 1. The van der Waals surface area contributed by atoms with E-state index in [1.54, 1.807) is 0 Å². The number of nitrogens with two attached hydrogens (primary N) is 1. The molecule has 2 aliphatic rings. The van der Waals surface area contributed by atoms with Gasteiger partial charge < -0.3 is 5.73 Å². The molecular formula is C16H32N2. The van der Waals surface area contributed by atoms with Crippen LogP contribution in [0.25, 0.3) is 0 Å². The molecule has 2 N–H and O–H groups in total. The third-order valence-electron chi connectivity index (χ3n) is 5.57. The summed E-state index contributed by atoms with van der Waals surface area (Å²) in [7, 11) is 0. The van der Waals surface area contributed by atoms with E-state index in [2.05, 4.69) is 18.7 Å². The first-order valence-corrected chi connectivity index (χ1v) is 8.15. The SMILES string of the molecule is CCC1CCCC(CN)(N2CCCC(C)CC2)C1. The Balaban J connectivity index is 2.05. The largest absolute Gasteiger partial charge is 0.329 e. The molecule has 0 aromatic carbocycles. The van der Waals surface area contributed by atoms with Gasteiger partial charge in [0.15, 0.2) is 0 Å². The lowest BCUT2D eigenvalue weighted by atomic mass is 9.73. The third-order valence-corrected chi connectivity index (χ3v) is 5.57. The highest BCUT2D eigenvalue weighted by Crippen LogP contribution is 2.39. The average molecular weight is 252 g/mol. The van der Waals surface area contributed by atoms with E-state index in [0.29, 0.717) is 5.54 Å². The fraction of sp³-hybridized carbons (Fsp3) is 1.00. The van der Waals surface area contributed by atoms with Gasteiger partial charge in [-0.1, -0.05) is 33.1 Å². The van der Waals surface area contributed by atoms with E-state index in [-0.39, 0.29) is 0 Å². The van der Waals surface area contributed by atoms with Crippen molar-refractivity contribution < 1.29 is 0 Å². The molecule has 3 atom stereocenters. The molecular weight excluding hydrogens is 220 g/mol. The van der Waals surface area contributed by atoms with Crippen LogP contribution in [-0.2, 0) is 0 Å². The predicted molar refractivity (Wildman–Crippen MR) is 78.6 cm³/mol. The molecule has 2 fully saturated rings. The number of hydrogen-bond acceptors (Lipinski definition) is 2. The second kappa shape index (κ2) is 6.38. The number of rotatable bonds is 3. The van der Waals surface area contributed by atoms with Crippen molar-refractivity contribution in [3.8, 4) is 0 Å². The van der Waals surface area contributed by atoms with Crippen molar-refractivity contribution in [2.24, 2.45) is 17.6 Å². The van der Waals surface area contributed by atoms with Crippen LogP contribution in [0.1, 0.15) is 65.2 Å². The van der Waals surface area contributed by atoms with Gasteiger partial charge in [-0.05, 0) is 57.0 Å². The van der Waals surface area contributed by atoms with E-state index in [0.717, 1.165) is 18.4 Å². The molecule has 2 heteroatoms. The van der Waals surface area contributed by atoms with Crippen molar-refractivity contribution >= 4 is 0 Å². The van der Waals surface area contributed by atoms with Crippen molar-refractivity contribution in [2.75, 3.05) is 19.6 Å². The molecule has 2 rings (SSSR count). The van der Waals surface area contributed by atoms with E-state index in [1.807, 2.05) is 0 Å². The zero-order valence-electron chi connectivity index (χ0n) is 12.5. The Kier molecular flexibility index (Phi) is 5.08. The molecule has 0 radical (unpaired) electrons. The van der Waals surface area contributed by atoms with E-state index in [4.69, 9.17) is 5.73 Å². The highest BCUT2D eigenvalue weighted by atomic mass is 15.2. The lowest BCUT2D eigenvalue weighted by Gasteiger charge is -2.48. The number of hydrogen-bond donors (Lipinski definition) is 1. The summed E-state index contributed by atoms with van der Waals surface area (Å²) in [6, 6.07) is 0. The quantitative estimate of drug-likeness (QED) is 0.834. The van der Waals surface area contributed by atoms with Gasteiger partial charge in [-0.15, -0.1) is 0 Å². The van der Waals surface area contributed by atoms with Crippen molar-refractivity contribution in [1.29, 1.82) is 0 Å². The second-order valence-corrected chi connectivity index (χ2v) is 6.82. The topological polar surface area (TPSA) is 29.3 Å². The van der Waals surface area contributed by atoms with Crippen LogP contribution in [0, 0.1) is 11.8 Å². The fourth-order valence-corrected chi connectivity index (χ4v) is 4.15. The van der Waals surface area contributed by atoms with E-state index >= 15 is 0 Å². The van der Waals surface area contributed by atoms with Crippen LogP contribution in [0.2, 0.25) is 0 Å². The van der Waals surface area contributed by atoms with Crippen molar-refractivity contribution in [3.05, 3.63) is 0 Å². The Morgan fingerprint density at radius 2 is 2.00 bits per heavy atom. The summed E-state index contributed by atoms with van der Waals surface area (Å²) in [6.07, 6.45) is 11.0. The van der Waals surface area contributed by atoms with Gasteiger partial charge in [0.1, 0.15) is 0 Å². The summed E-state index contributed by atoms with van der Waals surface area (Å²) < 4.78 is 0. The Labute approximate surface area is 113 Å². The highest BCUT2D eigenvalue weighted by molar-refractivity contribution is 4.97. The zero-order chi connectivity index (χ0) is 13.0. The third kappa shape index (κ3) is 3.08. The molecule has 2 nitrogen and oxygen atoms in total. The lowest BCUT2D eigenvalue weighted by Crippen LogP contribution is -2.56. The Morgan fingerprint density at radius 3 is 2.72 bits per heavy atom. The molecule has 1 heterocycles. The van der Waals surface area contributed by atoms with Crippen molar-refractivity contribution in [1.82, 2.24) is 4.90 Å². The van der Waals surface area contributed by atoms with Crippen LogP contribution in [0.5, 0.6) is 0 Å². The van der Waals surface area contributed by atoms with Crippen molar-refractivity contribution in [2.45, 2.75) is 70.8 Å². The highest BCUT2D eigenvalue weighted by Gasteiger charge is 2.39. The Morgan fingerprint density at radius 1 is 1.17 bits per heavy atom. The number of nitrogens with zero attached hydrogens (tertiary/aromatic N) is 1. The normalized spacial score (nSPS) is 39.5. The van der Waals surface area contributed by atoms with Crippen LogP contribution >= 0.6 is 0 Å². The zero-order valence-corrected chi connectivity index (χ0v) is 12.5. The Bertz CT molecular complexity index is 253. The molecule has 1 saturated carbocycles. The summed E-state index contributed by atoms with van der Waals surface area (Å²) in [4.78, 5) is 2.78. The average Bonchev–Trinajstić information content (AvgIpc) is 2.64. The molecule has 0 aromatic heterocycles. The summed E-state index contributed by atoms with van der Waals surface area (Å²) in [5.74, 6) is 1.83. The predicted octanol–water partition coefficient (Wildman–Crippen LogP) is 3.41. The molecule has 0 amide bonds. The van der Waals surface area contributed by atoms with Crippen LogP contribution in [0.4, 0.5) is 0 Å². The molecule has 106 valence electrons. The van der Waals surface area contributed by atoms with Gasteiger partial charge in [0, 0.05) is 12.1 Å². The van der Waals surface area contributed by atoms with E-state index in [9.17, 15) is 0 Å². The summed E-state index contributed by atoms with van der Waals surface area (Å²) >= 11 is 0. The molecule has 0 spiro atoms. The fourth-order valence-electron chi connectivity index (χ4n) is 4.15. The van der Waals surface area contributed by atoms with Crippen LogP contribution in [0.15, 0.2) is 0 Å². The van der Waals surface area contributed by atoms with Gasteiger partial charge >= 0.3 is 0 Å². The van der Waals surface area contributed by atoms with Gasteiger partial charge in [0.05, 0.1) is 0 Å². The van der Waals surface area contributed by atoms with Crippen LogP contribution < -0.4 is 5.73 Å². The minimum absolute atomic E-state index is 0.350. The Hall–Kier alpha value is -0.0800. The maximum atomic E-state index is 6.23. The molecule has 0 bridgehead atoms.